The molecule has 0 heterocycles. The van der Waals surface area contributed by atoms with Crippen LogP contribution in [0.3, 0.4) is 0 Å². The molecule has 0 fully saturated rings. The Morgan fingerprint density at radius 3 is 1.38 bits per heavy atom. The summed E-state index contributed by atoms with van der Waals surface area (Å²) in [7, 11) is 0.699. The molecule has 0 aliphatic carbocycles. The molecule has 0 aliphatic rings. The van der Waals surface area contributed by atoms with Gasteiger partial charge in [-0.25, -0.2) is 0 Å². The van der Waals surface area contributed by atoms with Crippen molar-refractivity contribution < 1.29 is 28.8 Å². The van der Waals surface area contributed by atoms with E-state index >= 15 is 0 Å². The zero-order valence-electron chi connectivity index (χ0n) is 7.57. The molecule has 0 atom stereocenters. The molecule has 0 aromatic heterocycles. The lowest BCUT2D eigenvalue weighted by Gasteiger charge is -1.95. The Bertz CT molecular complexity index is 172. The molecule has 0 rings (SSSR count). The highest BCUT2D eigenvalue weighted by molar-refractivity contribution is 6.25. The van der Waals surface area contributed by atoms with Gasteiger partial charge in [0.15, 0.2) is 0 Å². The smallest absolute Gasteiger partial charge is 0.500 e. The van der Waals surface area contributed by atoms with Crippen molar-refractivity contribution in [2.24, 2.45) is 0 Å². The minimum absolute atomic E-state index is 0.517. The Balaban J connectivity index is 0. The van der Waals surface area contributed by atoms with E-state index in [4.69, 9.17) is 9.90 Å². The summed E-state index contributed by atoms with van der Waals surface area (Å²) in [6.45, 7) is 3.50. The second-order valence-electron chi connectivity index (χ2n) is 1.83. The van der Waals surface area contributed by atoms with Crippen LogP contribution in [0, 0.1) is 0 Å². The Hall–Kier alpha value is -1.53. The van der Waals surface area contributed by atoms with Gasteiger partial charge in [-0.3, -0.25) is 14.4 Å². The Labute approximate surface area is 76.1 Å². The van der Waals surface area contributed by atoms with Gasteiger partial charge in [-0.15, -0.1) is 0 Å². The van der Waals surface area contributed by atoms with E-state index in [1.165, 1.54) is 13.8 Å². The number of aliphatic carboxylic acids is 1. The molecular formula is C6H10BO6. The van der Waals surface area contributed by atoms with Crippen LogP contribution in [-0.2, 0) is 23.7 Å². The first-order chi connectivity index (χ1) is 5.86. The highest BCUT2D eigenvalue weighted by Gasteiger charge is 2.01. The van der Waals surface area contributed by atoms with Crippen LogP contribution >= 0.6 is 0 Å². The van der Waals surface area contributed by atoms with Crippen LogP contribution in [0.1, 0.15) is 20.8 Å². The highest BCUT2D eigenvalue weighted by atomic mass is 16.6. The molecule has 73 valence electrons. The Morgan fingerprint density at radius 1 is 1.00 bits per heavy atom. The van der Waals surface area contributed by atoms with Gasteiger partial charge in [-0.05, 0) is 0 Å². The molecule has 0 aromatic carbocycles. The zero-order chi connectivity index (χ0) is 10.9. The van der Waals surface area contributed by atoms with Gasteiger partial charge in [0, 0.05) is 20.8 Å². The van der Waals surface area contributed by atoms with E-state index in [1.54, 1.807) is 0 Å². The molecule has 0 saturated heterocycles. The Morgan fingerprint density at radius 2 is 1.23 bits per heavy atom. The van der Waals surface area contributed by atoms with Gasteiger partial charge >= 0.3 is 7.69 Å². The van der Waals surface area contributed by atoms with E-state index in [0.717, 1.165) is 6.92 Å². The molecule has 0 bridgehead atoms. The Kier molecular flexibility index (Phi) is 9.25. The second-order valence-corrected chi connectivity index (χ2v) is 1.83. The van der Waals surface area contributed by atoms with E-state index in [0.29, 0.717) is 7.69 Å². The number of hydrogen-bond acceptors (Lipinski definition) is 5. The summed E-state index contributed by atoms with van der Waals surface area (Å²) >= 11 is 0. The molecule has 6 nitrogen and oxygen atoms in total. The molecule has 1 radical (unpaired) electrons. The monoisotopic (exact) mass is 189 g/mol. The molecule has 0 spiro atoms. The predicted molar refractivity (Wildman–Crippen MR) is 42.6 cm³/mol. The predicted octanol–water partition coefficient (Wildman–Crippen LogP) is -0.262. The van der Waals surface area contributed by atoms with E-state index in [1.807, 2.05) is 0 Å². The average molecular weight is 189 g/mol. The quantitative estimate of drug-likeness (QED) is 0.601. The van der Waals surface area contributed by atoms with Crippen molar-refractivity contribution in [2.75, 3.05) is 0 Å². The third kappa shape index (κ3) is 37.6. The maximum atomic E-state index is 9.98. The first kappa shape index (κ1) is 14.0. The van der Waals surface area contributed by atoms with Gasteiger partial charge in [0.25, 0.3) is 17.9 Å². The van der Waals surface area contributed by atoms with Gasteiger partial charge in [0.05, 0.1) is 0 Å². The van der Waals surface area contributed by atoms with Gasteiger partial charge in [-0.1, -0.05) is 0 Å². The highest BCUT2D eigenvalue weighted by Crippen LogP contribution is 1.75. The number of carbonyl (C=O) groups is 3. The van der Waals surface area contributed by atoms with E-state index in [2.05, 4.69) is 9.31 Å². The normalized spacial score (nSPS) is 7.31. The number of carbonyl (C=O) groups excluding carboxylic acids is 2. The van der Waals surface area contributed by atoms with Crippen LogP contribution in [0.2, 0.25) is 0 Å². The van der Waals surface area contributed by atoms with Crippen LogP contribution in [-0.4, -0.2) is 30.7 Å². The number of carboxylic acids is 1. The van der Waals surface area contributed by atoms with Crippen molar-refractivity contribution in [3.05, 3.63) is 0 Å². The van der Waals surface area contributed by atoms with E-state index < -0.39 is 17.9 Å². The fourth-order valence-electron chi connectivity index (χ4n) is 0.160. The fraction of sp³-hybridized carbons (Fsp3) is 0.500. The largest absolute Gasteiger partial charge is 0.662 e. The molecule has 7 heteroatoms. The van der Waals surface area contributed by atoms with Crippen molar-refractivity contribution >= 4 is 25.6 Å². The van der Waals surface area contributed by atoms with Gasteiger partial charge in [-0.2, -0.15) is 0 Å². The lowest BCUT2D eigenvalue weighted by atomic mass is 10.4. The van der Waals surface area contributed by atoms with Gasteiger partial charge in [0.1, 0.15) is 0 Å². The van der Waals surface area contributed by atoms with Crippen molar-refractivity contribution in [3.63, 3.8) is 0 Å². The maximum Gasteiger partial charge on any atom is 0.662 e. The van der Waals surface area contributed by atoms with Crippen LogP contribution in [0.15, 0.2) is 0 Å². The second kappa shape index (κ2) is 8.57. The lowest BCUT2D eigenvalue weighted by Crippen LogP contribution is -2.11. The summed E-state index contributed by atoms with van der Waals surface area (Å²) in [5, 5.41) is 7.42. The van der Waals surface area contributed by atoms with Crippen LogP contribution in [0.4, 0.5) is 0 Å². The van der Waals surface area contributed by atoms with Crippen molar-refractivity contribution in [2.45, 2.75) is 20.8 Å². The molecule has 1 N–H and O–H groups in total. The minimum atomic E-state index is -0.833. The molecule has 0 aliphatic heterocycles. The number of rotatable bonds is 2. The van der Waals surface area contributed by atoms with Crippen LogP contribution < -0.4 is 0 Å². The van der Waals surface area contributed by atoms with E-state index in [9.17, 15) is 9.59 Å². The number of hydrogen-bond donors (Lipinski definition) is 1. The SMILES string of the molecule is CC(=O)O.CC(=O)O[B]OC(C)=O. The van der Waals surface area contributed by atoms with Gasteiger partial charge < -0.3 is 14.4 Å². The van der Waals surface area contributed by atoms with E-state index in [-0.39, 0.29) is 0 Å². The zero-order valence-corrected chi connectivity index (χ0v) is 7.57. The lowest BCUT2D eigenvalue weighted by molar-refractivity contribution is -0.137. The average Bonchev–Trinajstić information content (AvgIpc) is 1.83. The summed E-state index contributed by atoms with van der Waals surface area (Å²) in [6.07, 6.45) is 0. The van der Waals surface area contributed by atoms with Crippen LogP contribution in [0.25, 0.3) is 0 Å². The molecule has 13 heavy (non-hydrogen) atoms. The summed E-state index contributed by atoms with van der Waals surface area (Å²) < 4.78 is 8.29. The molecule has 0 unspecified atom stereocenters. The summed E-state index contributed by atoms with van der Waals surface area (Å²) in [5.74, 6) is -1.87. The third-order valence-electron chi connectivity index (χ3n) is 0.428. The van der Waals surface area contributed by atoms with Crippen LogP contribution in [0.5, 0.6) is 0 Å². The molecule has 0 saturated carbocycles. The maximum absolute atomic E-state index is 9.98. The van der Waals surface area contributed by atoms with Crippen molar-refractivity contribution in [1.82, 2.24) is 0 Å². The summed E-state index contributed by atoms with van der Waals surface area (Å²) in [4.78, 5) is 29.0. The standard InChI is InChI=1S/C4H6BO4.C2H4O2/c1-3(6)8-5-9-4(2)7;1-2(3)4/h1-2H3;1H3,(H,3,4). The first-order valence-electron chi connectivity index (χ1n) is 3.22. The molecule has 0 amide bonds. The third-order valence-corrected chi connectivity index (χ3v) is 0.428. The van der Waals surface area contributed by atoms with Crippen molar-refractivity contribution in [1.29, 1.82) is 0 Å². The molecule has 0 aromatic rings. The summed E-state index contributed by atoms with van der Waals surface area (Å²) in [5.41, 5.74) is 0. The number of carboxylic acid groups (broad SMARTS) is 1. The first-order valence-corrected chi connectivity index (χ1v) is 3.22. The fourth-order valence-corrected chi connectivity index (χ4v) is 0.160. The van der Waals surface area contributed by atoms with Crippen molar-refractivity contribution in [3.8, 4) is 0 Å². The minimum Gasteiger partial charge on any atom is -0.500 e. The summed E-state index contributed by atoms with van der Waals surface area (Å²) in [6, 6.07) is 0. The topological polar surface area (TPSA) is 89.9 Å². The van der Waals surface area contributed by atoms with Gasteiger partial charge in [0.2, 0.25) is 0 Å². The molecular weight excluding hydrogens is 179 g/mol.